The van der Waals surface area contributed by atoms with Gasteiger partial charge in [-0.2, -0.15) is 13.2 Å². The maximum atomic E-state index is 13.4. The zero-order valence-electron chi connectivity index (χ0n) is 22.8. The number of sulfone groups is 1. The van der Waals surface area contributed by atoms with Gasteiger partial charge >= 0.3 is 12.2 Å². The van der Waals surface area contributed by atoms with Crippen molar-refractivity contribution in [2.45, 2.75) is 54.8 Å². The maximum Gasteiger partial charge on any atom is 0.416 e. The molecule has 0 spiro atoms. The molecule has 1 saturated heterocycles. The molecule has 1 aliphatic heterocycles. The minimum absolute atomic E-state index is 0.0549. The first-order valence-corrected chi connectivity index (χ1v) is 15.3. The number of nitrogens with one attached hydrogen (secondary N) is 2. The smallest absolute Gasteiger partial charge is 0.377 e. The van der Waals surface area contributed by atoms with Gasteiger partial charge in [0.1, 0.15) is 10.6 Å². The van der Waals surface area contributed by atoms with Crippen molar-refractivity contribution in [1.29, 1.82) is 0 Å². The summed E-state index contributed by atoms with van der Waals surface area (Å²) in [4.78, 5) is 24.1. The summed E-state index contributed by atoms with van der Waals surface area (Å²) >= 11 is 0. The summed E-state index contributed by atoms with van der Waals surface area (Å²) in [5, 5.41) is 4.86. The Labute approximate surface area is 241 Å². The van der Waals surface area contributed by atoms with Crippen molar-refractivity contribution in [1.82, 2.24) is 9.97 Å². The van der Waals surface area contributed by atoms with Crippen LogP contribution in [0.25, 0.3) is 11.4 Å². The van der Waals surface area contributed by atoms with Crippen molar-refractivity contribution >= 4 is 33.1 Å². The highest BCUT2D eigenvalue weighted by atomic mass is 32.2. The molecular weight excluding hydrogens is 571 g/mol. The lowest BCUT2D eigenvalue weighted by atomic mass is 10.1. The molecule has 3 aliphatic rings. The molecule has 0 radical (unpaired) electrons. The largest absolute Gasteiger partial charge is 0.416 e. The number of anilines is 3. The third-order valence-corrected chi connectivity index (χ3v) is 11.0. The van der Waals surface area contributed by atoms with E-state index in [1.165, 1.54) is 12.1 Å². The standard InChI is InChI=1S/C29H30F3N5O4S/c1-18-17-41-15-14-37(18)25-16-24(28(12-13-28)42(39,40)23-10-11-23)35-26(36-25)19-2-6-21(7-3-19)33-27(38)34-22-8-4-20(5-9-22)29(30,31)32/h2-9,16,18,23H,10-15,17H2,1H3,(H2,33,34,38)/t18-/m0/s1. The molecule has 0 bridgehead atoms. The van der Waals surface area contributed by atoms with E-state index in [9.17, 15) is 26.4 Å². The highest BCUT2D eigenvalue weighted by Crippen LogP contribution is 2.57. The maximum absolute atomic E-state index is 13.4. The van der Waals surface area contributed by atoms with Gasteiger partial charge in [-0.3, -0.25) is 0 Å². The lowest BCUT2D eigenvalue weighted by molar-refractivity contribution is -0.137. The van der Waals surface area contributed by atoms with E-state index in [-0.39, 0.29) is 17.0 Å². The van der Waals surface area contributed by atoms with Crippen LogP contribution in [0.5, 0.6) is 0 Å². The molecule has 2 amide bonds. The molecule has 13 heteroatoms. The van der Waals surface area contributed by atoms with E-state index in [1.54, 1.807) is 24.3 Å². The Kier molecular flexibility index (Phi) is 7.12. The highest BCUT2D eigenvalue weighted by molar-refractivity contribution is 7.93. The van der Waals surface area contributed by atoms with E-state index in [1.807, 2.05) is 13.0 Å². The van der Waals surface area contributed by atoms with Crippen molar-refractivity contribution in [3.05, 3.63) is 65.9 Å². The Morgan fingerprint density at radius 3 is 2.17 bits per heavy atom. The van der Waals surface area contributed by atoms with Crippen molar-refractivity contribution in [2.75, 3.05) is 35.3 Å². The first-order valence-electron chi connectivity index (χ1n) is 13.8. The van der Waals surface area contributed by atoms with Gasteiger partial charge in [-0.05, 0) is 81.1 Å². The molecule has 1 atom stereocenters. The highest BCUT2D eigenvalue weighted by Gasteiger charge is 2.61. The lowest BCUT2D eigenvalue weighted by Gasteiger charge is -2.34. The summed E-state index contributed by atoms with van der Waals surface area (Å²) in [6, 6.07) is 12.2. The second kappa shape index (κ2) is 10.5. The molecule has 2 N–H and O–H groups in total. The minimum Gasteiger partial charge on any atom is -0.377 e. The minimum atomic E-state index is -4.46. The van der Waals surface area contributed by atoms with Gasteiger partial charge in [0.15, 0.2) is 15.7 Å². The summed E-state index contributed by atoms with van der Waals surface area (Å²) < 4.78 is 69.8. The number of amides is 2. The van der Waals surface area contributed by atoms with E-state index >= 15 is 0 Å². The monoisotopic (exact) mass is 601 g/mol. The molecule has 6 rings (SSSR count). The number of benzene rings is 2. The van der Waals surface area contributed by atoms with Crippen LogP contribution < -0.4 is 15.5 Å². The van der Waals surface area contributed by atoms with Crippen LogP contribution in [0.15, 0.2) is 54.6 Å². The SMILES string of the molecule is C[C@H]1COCCN1c1cc(C2(S(=O)(=O)C3CC3)CC2)nc(-c2ccc(NC(=O)Nc3ccc(C(F)(F)F)cc3)cc2)n1. The van der Waals surface area contributed by atoms with Crippen molar-refractivity contribution in [2.24, 2.45) is 0 Å². The quantitative estimate of drug-likeness (QED) is 0.363. The van der Waals surface area contributed by atoms with E-state index in [0.29, 0.717) is 74.0 Å². The second-order valence-corrected chi connectivity index (χ2v) is 13.6. The Balaban J connectivity index is 1.24. The molecule has 3 fully saturated rings. The van der Waals surface area contributed by atoms with Gasteiger partial charge < -0.3 is 20.3 Å². The molecule has 9 nitrogen and oxygen atoms in total. The molecule has 2 aliphatic carbocycles. The first kappa shape index (κ1) is 28.4. The Bertz CT molecular complexity index is 1590. The Morgan fingerprint density at radius 2 is 1.62 bits per heavy atom. The van der Waals surface area contributed by atoms with Crippen molar-refractivity contribution in [3.63, 3.8) is 0 Å². The van der Waals surface area contributed by atoms with Crippen LogP contribution in [0.2, 0.25) is 0 Å². The van der Waals surface area contributed by atoms with Gasteiger partial charge in [0.05, 0.1) is 35.8 Å². The summed E-state index contributed by atoms with van der Waals surface area (Å²) in [5.74, 6) is 1.04. The Hall–Kier alpha value is -3.71. The number of hydrogen-bond donors (Lipinski definition) is 2. The molecule has 2 heterocycles. The fraction of sp³-hybridized carbons (Fsp3) is 0.414. The molecule has 0 unspecified atom stereocenters. The number of ether oxygens (including phenoxy) is 1. The number of rotatable bonds is 7. The van der Waals surface area contributed by atoms with Gasteiger partial charge in [-0.25, -0.2) is 23.2 Å². The van der Waals surface area contributed by atoms with Gasteiger partial charge in [-0.15, -0.1) is 0 Å². The van der Waals surface area contributed by atoms with Crippen LogP contribution in [0.3, 0.4) is 0 Å². The number of carbonyl (C=O) groups excluding carboxylic acids is 1. The molecule has 2 aromatic carbocycles. The first-order chi connectivity index (χ1) is 20.0. The topological polar surface area (TPSA) is 114 Å². The number of aromatic nitrogens is 2. The molecular formula is C29H30F3N5O4S. The van der Waals surface area contributed by atoms with E-state index < -0.39 is 32.4 Å². The summed E-state index contributed by atoms with van der Waals surface area (Å²) in [6.07, 6.45) is -2.00. The number of hydrogen-bond acceptors (Lipinski definition) is 7. The van der Waals surface area contributed by atoms with Crippen LogP contribution in [0.1, 0.15) is 43.9 Å². The van der Waals surface area contributed by atoms with Crippen LogP contribution in [-0.2, 0) is 25.5 Å². The van der Waals surface area contributed by atoms with Crippen LogP contribution in [0, 0.1) is 0 Å². The lowest BCUT2D eigenvalue weighted by Crippen LogP contribution is -2.44. The van der Waals surface area contributed by atoms with Crippen LogP contribution in [-0.4, -0.2) is 55.5 Å². The zero-order chi connectivity index (χ0) is 29.7. The summed E-state index contributed by atoms with van der Waals surface area (Å²) in [6.45, 7) is 3.73. The van der Waals surface area contributed by atoms with Gasteiger partial charge in [0.25, 0.3) is 0 Å². The molecule has 1 aromatic heterocycles. The third kappa shape index (κ3) is 5.54. The molecule has 42 heavy (non-hydrogen) atoms. The normalized spacial score (nSPS) is 20.2. The predicted molar refractivity (Wildman–Crippen MR) is 152 cm³/mol. The second-order valence-electron chi connectivity index (χ2n) is 11.0. The van der Waals surface area contributed by atoms with E-state index in [4.69, 9.17) is 14.7 Å². The molecule has 2 saturated carbocycles. The number of alkyl halides is 3. The number of halogens is 3. The summed E-state index contributed by atoms with van der Waals surface area (Å²) in [7, 11) is -3.37. The average Bonchev–Trinajstić information content (AvgIpc) is 3.87. The molecule has 222 valence electrons. The molecule has 3 aromatic rings. The van der Waals surface area contributed by atoms with Crippen LogP contribution in [0.4, 0.5) is 35.2 Å². The van der Waals surface area contributed by atoms with E-state index in [0.717, 1.165) is 12.1 Å². The fourth-order valence-corrected chi connectivity index (χ4v) is 7.71. The predicted octanol–water partition coefficient (Wildman–Crippen LogP) is 5.60. The fourth-order valence-electron chi connectivity index (χ4n) is 5.25. The van der Waals surface area contributed by atoms with Gasteiger partial charge in [0.2, 0.25) is 0 Å². The number of morpholine rings is 1. The van der Waals surface area contributed by atoms with Gasteiger partial charge in [-0.1, -0.05) is 0 Å². The zero-order valence-corrected chi connectivity index (χ0v) is 23.6. The van der Waals surface area contributed by atoms with Crippen molar-refractivity contribution in [3.8, 4) is 11.4 Å². The third-order valence-electron chi connectivity index (χ3n) is 7.92. The van der Waals surface area contributed by atoms with Crippen LogP contribution >= 0.6 is 0 Å². The number of urea groups is 1. The summed E-state index contributed by atoms with van der Waals surface area (Å²) in [5.41, 5.74) is 1.01. The Morgan fingerprint density at radius 1 is 1.00 bits per heavy atom. The van der Waals surface area contributed by atoms with Crippen molar-refractivity contribution < 1.29 is 31.1 Å². The number of nitrogens with zero attached hydrogens (tertiary/aromatic N) is 3. The number of carbonyl (C=O) groups is 1. The van der Waals surface area contributed by atoms with E-state index in [2.05, 4.69) is 15.5 Å². The average molecular weight is 602 g/mol. The van der Waals surface area contributed by atoms with Gasteiger partial charge in [0, 0.05) is 29.5 Å².